The van der Waals surface area contributed by atoms with Crippen LogP contribution in [0.5, 0.6) is 0 Å². The highest BCUT2D eigenvalue weighted by molar-refractivity contribution is 7.89. The lowest BCUT2D eigenvalue weighted by atomic mass is 9.88. The van der Waals surface area contributed by atoms with E-state index in [1.165, 1.54) is 12.1 Å². The Kier molecular flexibility index (Phi) is 5.76. The van der Waals surface area contributed by atoms with Crippen LogP contribution in [0.2, 0.25) is 0 Å². The molecule has 7 heteroatoms. The number of benzene rings is 2. The summed E-state index contributed by atoms with van der Waals surface area (Å²) in [7, 11) is -3.72. The smallest absolute Gasteiger partial charge is 0.241 e. The fourth-order valence-corrected chi connectivity index (χ4v) is 4.69. The fourth-order valence-electron chi connectivity index (χ4n) is 3.27. The molecule has 0 radical (unpaired) electrons. The van der Waals surface area contributed by atoms with Crippen molar-refractivity contribution in [2.24, 2.45) is 0 Å². The topological polar surface area (TPSA) is 72.2 Å². The minimum Gasteiger partial charge on any atom is -0.399 e. The lowest BCUT2D eigenvalue weighted by molar-refractivity contribution is 0.507. The molecule has 25 heavy (non-hydrogen) atoms. The van der Waals surface area contributed by atoms with E-state index < -0.39 is 10.0 Å². The number of hydrogen-bond acceptors (Lipinski definition) is 3. The van der Waals surface area contributed by atoms with Crippen molar-refractivity contribution in [1.82, 2.24) is 4.72 Å². The van der Waals surface area contributed by atoms with Gasteiger partial charge >= 0.3 is 0 Å². The van der Waals surface area contributed by atoms with Gasteiger partial charge < -0.3 is 5.73 Å². The second kappa shape index (κ2) is 7.32. The number of fused-ring (bicyclic) bond motifs is 1. The van der Waals surface area contributed by atoms with E-state index in [1.54, 1.807) is 19.9 Å². The Hall–Kier alpha value is -1.63. The fraction of sp³-hybridized carbons (Fsp3) is 0.333. The van der Waals surface area contributed by atoms with Gasteiger partial charge in [-0.25, -0.2) is 17.5 Å². The Bertz CT molecular complexity index is 877. The average molecular weight is 385 g/mol. The van der Waals surface area contributed by atoms with Crippen molar-refractivity contribution in [2.45, 2.75) is 44.0 Å². The number of nitrogens with two attached hydrogens (primary N) is 1. The van der Waals surface area contributed by atoms with Crippen LogP contribution in [0.25, 0.3) is 0 Å². The molecule has 3 rings (SSSR count). The molecule has 0 heterocycles. The van der Waals surface area contributed by atoms with Gasteiger partial charge in [0.25, 0.3) is 0 Å². The normalized spacial score (nSPS) is 16.8. The molecule has 0 bridgehead atoms. The van der Waals surface area contributed by atoms with Crippen LogP contribution in [0.15, 0.2) is 35.2 Å². The Morgan fingerprint density at radius 3 is 2.44 bits per heavy atom. The average Bonchev–Trinajstić information content (AvgIpc) is 2.51. The summed E-state index contributed by atoms with van der Waals surface area (Å²) >= 11 is 0. The molecule has 2 aromatic rings. The summed E-state index contributed by atoms with van der Waals surface area (Å²) in [6, 6.07) is 8.04. The van der Waals surface area contributed by atoms with Crippen molar-refractivity contribution in [3.8, 4) is 0 Å². The van der Waals surface area contributed by atoms with Crippen LogP contribution >= 0.6 is 12.4 Å². The highest BCUT2D eigenvalue weighted by atomic mass is 35.5. The van der Waals surface area contributed by atoms with E-state index in [9.17, 15) is 12.8 Å². The molecule has 136 valence electrons. The van der Waals surface area contributed by atoms with Crippen LogP contribution in [0, 0.1) is 19.7 Å². The van der Waals surface area contributed by atoms with E-state index >= 15 is 0 Å². The Labute approximate surface area is 154 Å². The molecule has 0 saturated carbocycles. The molecule has 0 spiro atoms. The molecule has 0 aliphatic heterocycles. The number of hydrogen-bond donors (Lipinski definition) is 2. The minimum atomic E-state index is -3.72. The third-order valence-electron chi connectivity index (χ3n) is 4.50. The number of nitrogens with one attached hydrogen (secondary N) is 1. The Morgan fingerprint density at radius 1 is 1.16 bits per heavy atom. The van der Waals surface area contributed by atoms with Gasteiger partial charge in [-0.05, 0) is 79.6 Å². The molecule has 1 unspecified atom stereocenters. The standard InChI is InChI=1S/C18H21FN2O2S.ClH/c1-11-8-15(9-12(2)18(11)19)24(22,23)21-17-5-3-4-13-10-14(20)6-7-16(13)17;/h6-10,17,21H,3-5,20H2,1-2H3;1H. The van der Waals surface area contributed by atoms with Crippen LogP contribution in [0.3, 0.4) is 0 Å². The Morgan fingerprint density at radius 2 is 1.80 bits per heavy atom. The molecular formula is C18H22ClFN2O2S. The molecule has 0 aromatic heterocycles. The van der Waals surface area contributed by atoms with Crippen LogP contribution < -0.4 is 10.5 Å². The van der Waals surface area contributed by atoms with Crippen molar-refractivity contribution >= 4 is 28.1 Å². The second-order valence-corrected chi connectivity index (χ2v) is 8.11. The van der Waals surface area contributed by atoms with Crippen molar-refractivity contribution in [1.29, 1.82) is 0 Å². The summed E-state index contributed by atoms with van der Waals surface area (Å²) in [5.74, 6) is -0.368. The van der Waals surface area contributed by atoms with Gasteiger partial charge in [-0.2, -0.15) is 0 Å². The number of anilines is 1. The van der Waals surface area contributed by atoms with E-state index in [4.69, 9.17) is 5.73 Å². The first-order valence-electron chi connectivity index (χ1n) is 7.95. The van der Waals surface area contributed by atoms with Crippen LogP contribution in [0.1, 0.15) is 41.1 Å². The number of aryl methyl sites for hydroxylation is 3. The predicted molar refractivity (Wildman–Crippen MR) is 100.0 cm³/mol. The van der Waals surface area contributed by atoms with Gasteiger partial charge in [0.05, 0.1) is 4.90 Å². The first kappa shape index (κ1) is 19.7. The number of rotatable bonds is 3. The van der Waals surface area contributed by atoms with Crippen molar-refractivity contribution in [3.05, 3.63) is 58.4 Å². The highest BCUT2D eigenvalue weighted by Gasteiger charge is 2.26. The maximum absolute atomic E-state index is 13.8. The molecule has 1 aliphatic carbocycles. The van der Waals surface area contributed by atoms with E-state index in [2.05, 4.69) is 4.72 Å². The minimum absolute atomic E-state index is 0. The van der Waals surface area contributed by atoms with E-state index in [1.807, 2.05) is 12.1 Å². The first-order chi connectivity index (χ1) is 11.3. The highest BCUT2D eigenvalue weighted by Crippen LogP contribution is 2.32. The number of halogens is 2. The zero-order chi connectivity index (χ0) is 17.5. The summed E-state index contributed by atoms with van der Waals surface area (Å²) in [6.07, 6.45) is 2.52. The monoisotopic (exact) mass is 384 g/mol. The van der Waals surface area contributed by atoms with Gasteiger partial charge in [-0.1, -0.05) is 6.07 Å². The molecule has 0 saturated heterocycles. The molecule has 3 N–H and O–H groups in total. The quantitative estimate of drug-likeness (QED) is 0.790. The van der Waals surface area contributed by atoms with E-state index in [-0.39, 0.29) is 29.2 Å². The van der Waals surface area contributed by atoms with Crippen LogP contribution in [0.4, 0.5) is 10.1 Å². The number of sulfonamides is 1. The van der Waals surface area contributed by atoms with Gasteiger partial charge in [0.15, 0.2) is 0 Å². The zero-order valence-corrected chi connectivity index (χ0v) is 15.8. The first-order valence-corrected chi connectivity index (χ1v) is 9.43. The van der Waals surface area contributed by atoms with Gasteiger partial charge in [0, 0.05) is 11.7 Å². The molecule has 0 fully saturated rings. The van der Waals surface area contributed by atoms with E-state index in [0.717, 1.165) is 30.4 Å². The maximum atomic E-state index is 13.8. The lowest BCUT2D eigenvalue weighted by Gasteiger charge is -2.26. The maximum Gasteiger partial charge on any atom is 0.241 e. The summed E-state index contributed by atoms with van der Waals surface area (Å²) < 4.78 is 42.0. The zero-order valence-electron chi connectivity index (χ0n) is 14.2. The summed E-state index contributed by atoms with van der Waals surface area (Å²) in [6.45, 7) is 3.14. The number of nitrogen functional groups attached to an aromatic ring is 1. The SMILES string of the molecule is Cc1cc(S(=O)(=O)NC2CCCc3cc(N)ccc32)cc(C)c1F.Cl. The van der Waals surface area contributed by atoms with Crippen LogP contribution in [-0.4, -0.2) is 8.42 Å². The third kappa shape index (κ3) is 3.97. The van der Waals surface area contributed by atoms with E-state index in [0.29, 0.717) is 16.8 Å². The van der Waals surface area contributed by atoms with Gasteiger partial charge in [-0.3, -0.25) is 0 Å². The van der Waals surface area contributed by atoms with Gasteiger partial charge in [-0.15, -0.1) is 12.4 Å². The second-order valence-electron chi connectivity index (χ2n) is 6.40. The molecule has 0 amide bonds. The molecule has 4 nitrogen and oxygen atoms in total. The molecule has 2 aromatic carbocycles. The van der Waals surface area contributed by atoms with Crippen LogP contribution in [-0.2, 0) is 16.4 Å². The lowest BCUT2D eigenvalue weighted by Crippen LogP contribution is -2.31. The molecule has 1 aliphatic rings. The van der Waals surface area contributed by atoms with Crippen molar-refractivity contribution in [3.63, 3.8) is 0 Å². The predicted octanol–water partition coefficient (Wildman–Crippen LogP) is 3.80. The largest absolute Gasteiger partial charge is 0.399 e. The van der Waals surface area contributed by atoms with Gasteiger partial charge in [0.1, 0.15) is 5.82 Å². The van der Waals surface area contributed by atoms with Crippen molar-refractivity contribution < 1.29 is 12.8 Å². The molecular weight excluding hydrogens is 363 g/mol. The van der Waals surface area contributed by atoms with Crippen molar-refractivity contribution in [2.75, 3.05) is 5.73 Å². The summed E-state index contributed by atoms with van der Waals surface area (Å²) in [5, 5.41) is 0. The Balaban J connectivity index is 0.00000225. The molecule has 1 atom stereocenters. The third-order valence-corrected chi connectivity index (χ3v) is 5.95. The summed E-state index contributed by atoms with van der Waals surface area (Å²) in [5.41, 5.74) is 9.20. The van der Waals surface area contributed by atoms with Gasteiger partial charge in [0.2, 0.25) is 10.0 Å². The summed E-state index contributed by atoms with van der Waals surface area (Å²) in [4.78, 5) is 0.0986.